The number of ether oxygens (including phenoxy) is 1. The van der Waals surface area contributed by atoms with E-state index < -0.39 is 0 Å². The number of amides is 1. The zero-order valence-corrected chi connectivity index (χ0v) is 13.2. The van der Waals surface area contributed by atoms with Gasteiger partial charge in [0, 0.05) is 23.7 Å². The first-order valence-corrected chi connectivity index (χ1v) is 7.90. The Morgan fingerprint density at radius 3 is 2.86 bits per heavy atom. The van der Waals surface area contributed by atoms with E-state index in [0.717, 1.165) is 37.9 Å². The molecule has 0 spiro atoms. The van der Waals surface area contributed by atoms with Crippen molar-refractivity contribution in [1.82, 2.24) is 10.6 Å². The molecule has 0 saturated carbocycles. The number of benzene rings is 1. The van der Waals surface area contributed by atoms with Crippen molar-refractivity contribution in [3.05, 3.63) is 34.3 Å². The lowest BCUT2D eigenvalue weighted by Crippen LogP contribution is -2.33. The molecule has 0 unspecified atom stereocenters. The summed E-state index contributed by atoms with van der Waals surface area (Å²) < 4.78 is 5.80. The highest BCUT2D eigenvalue weighted by molar-refractivity contribution is 6.31. The van der Waals surface area contributed by atoms with Crippen LogP contribution >= 0.6 is 11.6 Å². The number of hydrogen-bond acceptors (Lipinski definition) is 3. The summed E-state index contributed by atoms with van der Waals surface area (Å²) >= 11 is 5.96. The van der Waals surface area contributed by atoms with Gasteiger partial charge in [-0.2, -0.15) is 0 Å². The molecule has 1 aromatic carbocycles. The Balaban J connectivity index is 1.64. The second-order valence-corrected chi connectivity index (χ2v) is 5.88. The fraction of sp³-hybridized carbons (Fsp3) is 0.562. The maximum atomic E-state index is 12.0. The molecule has 21 heavy (non-hydrogen) atoms. The number of rotatable bonds is 6. The van der Waals surface area contributed by atoms with E-state index in [2.05, 4.69) is 10.6 Å². The topological polar surface area (TPSA) is 50.4 Å². The van der Waals surface area contributed by atoms with Crippen molar-refractivity contribution in [2.45, 2.75) is 32.3 Å². The number of carbonyl (C=O) groups is 1. The molecule has 0 bridgehead atoms. The average molecular weight is 311 g/mol. The number of aryl methyl sites for hydroxylation is 1. The van der Waals surface area contributed by atoms with E-state index in [1.165, 1.54) is 0 Å². The van der Waals surface area contributed by atoms with Gasteiger partial charge in [0.1, 0.15) is 0 Å². The minimum Gasteiger partial charge on any atom is -0.378 e. The molecule has 1 amide bonds. The number of halogens is 1. The van der Waals surface area contributed by atoms with E-state index in [1.54, 1.807) is 6.07 Å². The smallest absolute Gasteiger partial charge is 0.251 e. The summed E-state index contributed by atoms with van der Waals surface area (Å²) in [5.74, 6) is -0.0810. The maximum Gasteiger partial charge on any atom is 0.251 e. The molecule has 1 fully saturated rings. The number of carbonyl (C=O) groups excluding carboxylic acids is 1. The van der Waals surface area contributed by atoms with Gasteiger partial charge in [0.15, 0.2) is 0 Å². The van der Waals surface area contributed by atoms with E-state index in [0.29, 0.717) is 29.8 Å². The first-order chi connectivity index (χ1) is 10.1. The van der Waals surface area contributed by atoms with Crippen molar-refractivity contribution < 1.29 is 9.53 Å². The van der Waals surface area contributed by atoms with E-state index >= 15 is 0 Å². The lowest BCUT2D eigenvalue weighted by atomic mass is 10.1. The van der Waals surface area contributed by atoms with Crippen LogP contribution in [0.25, 0.3) is 0 Å². The monoisotopic (exact) mass is 310 g/mol. The normalized spacial score (nSPS) is 15.9. The van der Waals surface area contributed by atoms with Crippen LogP contribution in [0, 0.1) is 6.92 Å². The Labute approximate surface area is 131 Å². The van der Waals surface area contributed by atoms with Gasteiger partial charge in [-0.15, -0.1) is 0 Å². The predicted octanol–water partition coefficient (Wildman–Crippen LogP) is 2.54. The second-order valence-electron chi connectivity index (χ2n) is 5.45. The minimum atomic E-state index is -0.0810. The molecule has 0 aliphatic carbocycles. The first-order valence-electron chi connectivity index (χ1n) is 7.53. The van der Waals surface area contributed by atoms with Crippen LogP contribution in [0.4, 0.5) is 0 Å². The SMILES string of the molecule is Cc1cc(Cl)cc(C(=O)NCCCOC2CCNCC2)c1. The van der Waals surface area contributed by atoms with Crippen molar-refractivity contribution in [3.8, 4) is 0 Å². The lowest BCUT2D eigenvalue weighted by Gasteiger charge is -2.22. The van der Waals surface area contributed by atoms with Crippen molar-refractivity contribution in [2.75, 3.05) is 26.2 Å². The summed E-state index contributed by atoms with van der Waals surface area (Å²) in [4.78, 5) is 12.0. The molecule has 4 nitrogen and oxygen atoms in total. The predicted molar refractivity (Wildman–Crippen MR) is 85.0 cm³/mol. The Hall–Kier alpha value is -1.10. The van der Waals surface area contributed by atoms with Gasteiger partial charge < -0.3 is 15.4 Å². The summed E-state index contributed by atoms with van der Waals surface area (Å²) in [6, 6.07) is 5.37. The van der Waals surface area contributed by atoms with Gasteiger partial charge in [-0.05, 0) is 63.0 Å². The van der Waals surface area contributed by atoms with Gasteiger partial charge in [-0.25, -0.2) is 0 Å². The second kappa shape index (κ2) is 8.37. The standard InChI is InChI=1S/C16H23ClN2O2/c1-12-9-13(11-14(17)10-12)16(20)19-5-2-8-21-15-3-6-18-7-4-15/h9-11,15,18H,2-8H2,1H3,(H,19,20). The molecule has 0 radical (unpaired) electrons. The molecule has 0 aromatic heterocycles. The van der Waals surface area contributed by atoms with Crippen LogP contribution in [0.2, 0.25) is 5.02 Å². The highest BCUT2D eigenvalue weighted by Gasteiger charge is 2.12. The van der Waals surface area contributed by atoms with E-state index in [4.69, 9.17) is 16.3 Å². The summed E-state index contributed by atoms with van der Waals surface area (Å²) in [7, 11) is 0. The molecule has 1 heterocycles. The van der Waals surface area contributed by atoms with Gasteiger partial charge >= 0.3 is 0 Å². The number of piperidine rings is 1. The Bertz CT molecular complexity index is 453. The zero-order chi connectivity index (χ0) is 15.1. The van der Waals surface area contributed by atoms with Crippen LogP contribution < -0.4 is 10.6 Å². The van der Waals surface area contributed by atoms with Crippen LogP contribution in [0.1, 0.15) is 35.2 Å². The van der Waals surface area contributed by atoms with Crippen LogP contribution in [-0.2, 0) is 4.74 Å². The molecule has 116 valence electrons. The Kier molecular flexibility index (Phi) is 6.49. The largest absolute Gasteiger partial charge is 0.378 e. The minimum absolute atomic E-state index is 0.0810. The molecular weight excluding hydrogens is 288 g/mol. The fourth-order valence-corrected chi connectivity index (χ4v) is 2.75. The summed E-state index contributed by atoms with van der Waals surface area (Å²) in [6.45, 7) is 5.31. The molecule has 5 heteroatoms. The summed E-state index contributed by atoms with van der Waals surface area (Å²) in [5, 5.41) is 6.80. The van der Waals surface area contributed by atoms with E-state index in [-0.39, 0.29) is 5.91 Å². The highest BCUT2D eigenvalue weighted by atomic mass is 35.5. The van der Waals surface area contributed by atoms with E-state index in [1.807, 2.05) is 19.1 Å². The van der Waals surface area contributed by atoms with Crippen LogP contribution in [-0.4, -0.2) is 38.3 Å². The summed E-state index contributed by atoms with van der Waals surface area (Å²) in [5.41, 5.74) is 1.60. The molecule has 1 saturated heterocycles. The third kappa shape index (κ3) is 5.65. The third-order valence-corrected chi connectivity index (χ3v) is 3.77. The van der Waals surface area contributed by atoms with E-state index in [9.17, 15) is 4.79 Å². The molecule has 2 N–H and O–H groups in total. The average Bonchev–Trinajstić information content (AvgIpc) is 2.47. The van der Waals surface area contributed by atoms with Crippen LogP contribution in [0.5, 0.6) is 0 Å². The van der Waals surface area contributed by atoms with Crippen LogP contribution in [0.3, 0.4) is 0 Å². The van der Waals surface area contributed by atoms with Crippen molar-refractivity contribution >= 4 is 17.5 Å². The molecule has 1 aliphatic heterocycles. The first kappa shape index (κ1) is 16.3. The molecule has 2 rings (SSSR count). The van der Waals surface area contributed by atoms with Crippen molar-refractivity contribution in [2.24, 2.45) is 0 Å². The molecule has 1 aromatic rings. The molecular formula is C16H23ClN2O2. The Morgan fingerprint density at radius 2 is 2.14 bits per heavy atom. The zero-order valence-electron chi connectivity index (χ0n) is 12.5. The highest BCUT2D eigenvalue weighted by Crippen LogP contribution is 2.14. The van der Waals surface area contributed by atoms with Gasteiger partial charge in [0.2, 0.25) is 0 Å². The lowest BCUT2D eigenvalue weighted by molar-refractivity contribution is 0.0318. The van der Waals surface area contributed by atoms with Gasteiger partial charge in [0.05, 0.1) is 6.10 Å². The van der Waals surface area contributed by atoms with Gasteiger partial charge in [-0.1, -0.05) is 11.6 Å². The molecule has 1 aliphatic rings. The van der Waals surface area contributed by atoms with Crippen molar-refractivity contribution in [3.63, 3.8) is 0 Å². The number of hydrogen-bond donors (Lipinski definition) is 2. The van der Waals surface area contributed by atoms with Gasteiger partial charge in [0.25, 0.3) is 5.91 Å². The quantitative estimate of drug-likeness (QED) is 0.794. The van der Waals surface area contributed by atoms with Crippen LogP contribution in [0.15, 0.2) is 18.2 Å². The third-order valence-electron chi connectivity index (χ3n) is 3.55. The summed E-state index contributed by atoms with van der Waals surface area (Å²) in [6.07, 6.45) is 3.36. The Morgan fingerprint density at radius 1 is 1.38 bits per heavy atom. The molecule has 0 atom stereocenters. The van der Waals surface area contributed by atoms with Gasteiger partial charge in [-0.3, -0.25) is 4.79 Å². The number of nitrogens with one attached hydrogen (secondary N) is 2. The fourth-order valence-electron chi connectivity index (χ4n) is 2.46. The maximum absolute atomic E-state index is 12.0. The van der Waals surface area contributed by atoms with Crippen molar-refractivity contribution in [1.29, 1.82) is 0 Å².